The van der Waals surface area contributed by atoms with Gasteiger partial charge in [0.25, 0.3) is 0 Å². The van der Waals surface area contributed by atoms with Crippen LogP contribution in [-0.4, -0.2) is 24.1 Å². The number of benzene rings is 2. The molecule has 2 N–H and O–H groups in total. The van der Waals surface area contributed by atoms with E-state index < -0.39 is 0 Å². The van der Waals surface area contributed by atoms with Crippen molar-refractivity contribution < 1.29 is 0 Å². The van der Waals surface area contributed by atoms with Crippen LogP contribution in [-0.2, 0) is 0 Å². The summed E-state index contributed by atoms with van der Waals surface area (Å²) >= 11 is 0. The molecule has 1 aromatic heterocycles. The third-order valence-electron chi connectivity index (χ3n) is 3.23. The highest BCUT2D eigenvalue weighted by Crippen LogP contribution is 2.32. The molecule has 4 nitrogen and oxygen atoms in total. The minimum atomic E-state index is -0.176. The lowest BCUT2D eigenvalue weighted by Crippen LogP contribution is -2.09. The highest BCUT2D eigenvalue weighted by molar-refractivity contribution is 5.95. The number of para-hydroxylation sites is 2. The van der Waals surface area contributed by atoms with Crippen LogP contribution in [0.4, 0.5) is 5.69 Å². The van der Waals surface area contributed by atoms with Gasteiger partial charge in [0.05, 0.1) is 11.0 Å². The van der Waals surface area contributed by atoms with Crippen molar-refractivity contribution in [3.8, 4) is 11.1 Å². The monoisotopic (exact) mass is 253 g/mol. The van der Waals surface area contributed by atoms with Crippen LogP contribution in [0, 0.1) is 0 Å². The summed E-state index contributed by atoms with van der Waals surface area (Å²) in [6.45, 7) is 0. The lowest BCUT2D eigenvalue weighted by molar-refractivity contribution is 1.13. The molecule has 1 heterocycles. The Labute approximate surface area is 110 Å². The van der Waals surface area contributed by atoms with Crippen LogP contribution in [0.15, 0.2) is 47.3 Å². The van der Waals surface area contributed by atoms with E-state index in [0.29, 0.717) is 0 Å². The maximum atomic E-state index is 11.5. The summed E-state index contributed by atoms with van der Waals surface area (Å²) in [7, 11) is 4.03. The number of hydrogen-bond acceptors (Lipinski definition) is 2. The van der Waals surface area contributed by atoms with E-state index in [4.69, 9.17) is 0 Å². The van der Waals surface area contributed by atoms with Crippen molar-refractivity contribution in [3.05, 3.63) is 52.9 Å². The van der Waals surface area contributed by atoms with Gasteiger partial charge in [-0.25, -0.2) is 4.79 Å². The highest BCUT2D eigenvalue weighted by Gasteiger charge is 2.10. The first-order valence-electron chi connectivity index (χ1n) is 6.14. The van der Waals surface area contributed by atoms with Crippen LogP contribution in [0.1, 0.15) is 0 Å². The van der Waals surface area contributed by atoms with Gasteiger partial charge in [-0.3, -0.25) is 0 Å². The van der Waals surface area contributed by atoms with E-state index in [1.54, 1.807) is 0 Å². The molecular formula is C15H15N3O. The largest absolute Gasteiger partial charge is 0.377 e. The number of nitrogens with zero attached hydrogens (tertiary/aromatic N) is 1. The Hall–Kier alpha value is -2.49. The molecule has 0 saturated heterocycles. The van der Waals surface area contributed by atoms with Gasteiger partial charge < -0.3 is 14.9 Å². The molecule has 0 bridgehead atoms. The van der Waals surface area contributed by atoms with Crippen molar-refractivity contribution in [2.75, 3.05) is 19.0 Å². The number of H-pyrrole nitrogens is 2. The first kappa shape index (κ1) is 11.6. The Bertz CT molecular complexity index is 783. The number of rotatable bonds is 2. The van der Waals surface area contributed by atoms with Crippen molar-refractivity contribution in [2.24, 2.45) is 0 Å². The number of imidazole rings is 1. The number of aromatic nitrogens is 2. The standard InChI is InChI=1S/C15H15N3O/c1-18(2)13-9-4-3-6-10(13)11-7-5-8-12-14(11)17-15(19)16-12/h3-9H,1-2H3,(H2,16,17,19). The number of fused-ring (bicyclic) bond motifs is 1. The molecule has 0 spiro atoms. The zero-order valence-electron chi connectivity index (χ0n) is 10.9. The summed E-state index contributed by atoms with van der Waals surface area (Å²) in [5.41, 5.74) is 4.76. The molecular weight excluding hydrogens is 238 g/mol. The summed E-state index contributed by atoms with van der Waals surface area (Å²) in [4.78, 5) is 19.2. The van der Waals surface area contributed by atoms with Crippen molar-refractivity contribution in [2.45, 2.75) is 0 Å². The minimum Gasteiger partial charge on any atom is -0.377 e. The second kappa shape index (κ2) is 4.31. The van der Waals surface area contributed by atoms with Crippen molar-refractivity contribution in [1.29, 1.82) is 0 Å². The second-order valence-electron chi connectivity index (χ2n) is 4.72. The number of hydrogen-bond donors (Lipinski definition) is 2. The molecule has 3 aromatic rings. The lowest BCUT2D eigenvalue weighted by Gasteiger charge is -2.17. The number of aromatic amines is 2. The highest BCUT2D eigenvalue weighted by atomic mass is 16.1. The van der Waals surface area contributed by atoms with Gasteiger partial charge in [0.2, 0.25) is 0 Å². The Morgan fingerprint density at radius 3 is 2.42 bits per heavy atom. The molecule has 96 valence electrons. The quantitative estimate of drug-likeness (QED) is 0.737. The molecule has 0 aliphatic heterocycles. The topological polar surface area (TPSA) is 51.9 Å². The molecule has 0 aliphatic carbocycles. The molecule has 4 heteroatoms. The van der Waals surface area contributed by atoms with Gasteiger partial charge >= 0.3 is 5.69 Å². The van der Waals surface area contributed by atoms with Crippen LogP contribution in [0.3, 0.4) is 0 Å². The van der Waals surface area contributed by atoms with Crippen LogP contribution in [0.5, 0.6) is 0 Å². The van der Waals surface area contributed by atoms with Gasteiger partial charge in [-0.15, -0.1) is 0 Å². The van der Waals surface area contributed by atoms with Gasteiger partial charge in [0, 0.05) is 30.9 Å². The second-order valence-corrected chi connectivity index (χ2v) is 4.72. The third kappa shape index (κ3) is 1.91. The average Bonchev–Trinajstić information content (AvgIpc) is 2.78. The zero-order valence-corrected chi connectivity index (χ0v) is 10.9. The summed E-state index contributed by atoms with van der Waals surface area (Å²) in [6, 6.07) is 14.0. The summed E-state index contributed by atoms with van der Waals surface area (Å²) < 4.78 is 0. The molecule has 0 atom stereocenters. The van der Waals surface area contributed by atoms with Crippen LogP contribution in [0.25, 0.3) is 22.2 Å². The van der Waals surface area contributed by atoms with Gasteiger partial charge in [-0.2, -0.15) is 0 Å². The Balaban J connectivity index is 2.33. The molecule has 0 fully saturated rings. The normalized spacial score (nSPS) is 10.8. The van der Waals surface area contributed by atoms with E-state index in [-0.39, 0.29) is 5.69 Å². The molecule has 0 radical (unpaired) electrons. The number of anilines is 1. The average molecular weight is 253 g/mol. The van der Waals surface area contributed by atoms with E-state index in [1.807, 2.05) is 44.4 Å². The first-order valence-corrected chi connectivity index (χ1v) is 6.14. The molecule has 19 heavy (non-hydrogen) atoms. The van der Waals surface area contributed by atoms with Crippen molar-refractivity contribution >= 4 is 16.7 Å². The van der Waals surface area contributed by atoms with E-state index in [2.05, 4.69) is 27.0 Å². The fourth-order valence-corrected chi connectivity index (χ4v) is 2.37. The van der Waals surface area contributed by atoms with Crippen LogP contribution >= 0.6 is 0 Å². The molecule has 0 saturated carbocycles. The van der Waals surface area contributed by atoms with E-state index in [0.717, 1.165) is 27.8 Å². The van der Waals surface area contributed by atoms with Gasteiger partial charge in [0.1, 0.15) is 0 Å². The summed E-state index contributed by atoms with van der Waals surface area (Å²) in [5, 5.41) is 0. The molecule has 0 aliphatic rings. The molecule has 2 aromatic carbocycles. The Morgan fingerprint density at radius 1 is 0.895 bits per heavy atom. The Morgan fingerprint density at radius 2 is 1.63 bits per heavy atom. The summed E-state index contributed by atoms with van der Waals surface area (Å²) in [5.74, 6) is 0. The van der Waals surface area contributed by atoms with Gasteiger partial charge in [-0.1, -0.05) is 30.3 Å². The maximum absolute atomic E-state index is 11.5. The fourth-order valence-electron chi connectivity index (χ4n) is 2.37. The predicted molar refractivity (Wildman–Crippen MR) is 78.7 cm³/mol. The molecule has 0 unspecified atom stereocenters. The van der Waals surface area contributed by atoms with E-state index in [1.165, 1.54) is 0 Å². The summed E-state index contributed by atoms with van der Waals surface area (Å²) in [6.07, 6.45) is 0. The van der Waals surface area contributed by atoms with Crippen molar-refractivity contribution in [3.63, 3.8) is 0 Å². The first-order chi connectivity index (χ1) is 9.16. The van der Waals surface area contributed by atoms with Crippen LogP contribution in [0.2, 0.25) is 0 Å². The van der Waals surface area contributed by atoms with Crippen LogP contribution < -0.4 is 10.6 Å². The lowest BCUT2D eigenvalue weighted by atomic mass is 10.0. The molecule has 0 amide bonds. The minimum absolute atomic E-state index is 0.176. The molecule has 3 rings (SSSR count). The predicted octanol–water partition coefficient (Wildman–Crippen LogP) is 2.59. The zero-order chi connectivity index (χ0) is 13.4. The smallest absolute Gasteiger partial charge is 0.323 e. The number of nitrogens with one attached hydrogen (secondary N) is 2. The third-order valence-corrected chi connectivity index (χ3v) is 3.23. The van der Waals surface area contributed by atoms with Gasteiger partial charge in [0.15, 0.2) is 0 Å². The van der Waals surface area contributed by atoms with E-state index >= 15 is 0 Å². The van der Waals surface area contributed by atoms with E-state index in [9.17, 15) is 4.79 Å². The maximum Gasteiger partial charge on any atom is 0.323 e. The SMILES string of the molecule is CN(C)c1ccccc1-c1cccc2[nH]c(=O)[nH]c12. The van der Waals surface area contributed by atoms with Crippen molar-refractivity contribution in [1.82, 2.24) is 9.97 Å². The fraction of sp³-hybridized carbons (Fsp3) is 0.133. The van der Waals surface area contributed by atoms with Gasteiger partial charge in [-0.05, 0) is 12.1 Å². The Kier molecular flexibility index (Phi) is 2.63.